The Morgan fingerprint density at radius 2 is 1.29 bits per heavy atom. The molecular weight excluding hydrogens is 176 g/mol. The first-order valence-corrected chi connectivity index (χ1v) is 4.26. The zero-order valence-corrected chi connectivity index (χ0v) is 8.54. The van der Waals surface area contributed by atoms with Gasteiger partial charge in [-0.1, -0.05) is 37.4 Å². The van der Waals surface area contributed by atoms with Crippen molar-refractivity contribution in [2.24, 2.45) is 0 Å². The molecule has 0 spiro atoms. The highest BCUT2D eigenvalue weighted by Crippen LogP contribution is 2.23. The van der Waals surface area contributed by atoms with Crippen molar-refractivity contribution >= 4 is 11.5 Å². The molecule has 0 saturated carbocycles. The fourth-order valence-electron chi connectivity index (χ4n) is 1.19. The summed E-state index contributed by atoms with van der Waals surface area (Å²) < 4.78 is 10.2. The van der Waals surface area contributed by atoms with Gasteiger partial charge in [0.2, 0.25) is 0 Å². The van der Waals surface area contributed by atoms with Crippen molar-refractivity contribution in [3.63, 3.8) is 0 Å². The second kappa shape index (κ2) is 4.51. The van der Waals surface area contributed by atoms with E-state index in [-0.39, 0.29) is 0 Å². The number of ether oxygens (including phenoxy) is 2. The second-order valence-electron chi connectivity index (χ2n) is 2.80. The molecule has 0 aromatic heterocycles. The van der Waals surface area contributed by atoms with Crippen LogP contribution in [-0.2, 0) is 9.47 Å². The second-order valence-corrected chi connectivity index (χ2v) is 2.80. The van der Waals surface area contributed by atoms with Crippen LogP contribution in [0.1, 0.15) is 11.1 Å². The van der Waals surface area contributed by atoms with Crippen LogP contribution in [-0.4, -0.2) is 14.2 Å². The third kappa shape index (κ3) is 1.96. The van der Waals surface area contributed by atoms with E-state index >= 15 is 0 Å². The van der Waals surface area contributed by atoms with E-state index in [0.29, 0.717) is 11.5 Å². The molecule has 0 bridgehead atoms. The van der Waals surface area contributed by atoms with E-state index in [4.69, 9.17) is 9.47 Å². The van der Waals surface area contributed by atoms with E-state index in [9.17, 15) is 0 Å². The van der Waals surface area contributed by atoms with Crippen LogP contribution in [0.2, 0.25) is 0 Å². The Bertz CT molecular complexity index is 318. The molecule has 0 atom stereocenters. The van der Waals surface area contributed by atoms with E-state index in [2.05, 4.69) is 13.2 Å². The van der Waals surface area contributed by atoms with Crippen molar-refractivity contribution < 1.29 is 9.47 Å². The lowest BCUT2D eigenvalue weighted by Gasteiger charge is -2.11. The van der Waals surface area contributed by atoms with E-state index in [1.54, 1.807) is 14.2 Å². The summed E-state index contributed by atoms with van der Waals surface area (Å²) in [6.07, 6.45) is 0. The van der Waals surface area contributed by atoms with Gasteiger partial charge >= 0.3 is 0 Å². The van der Waals surface area contributed by atoms with Gasteiger partial charge in [0.1, 0.15) is 11.5 Å². The smallest absolute Gasteiger partial charge is 0.119 e. The maximum atomic E-state index is 5.08. The van der Waals surface area contributed by atoms with Gasteiger partial charge in [-0.2, -0.15) is 0 Å². The van der Waals surface area contributed by atoms with Crippen LogP contribution in [0.25, 0.3) is 11.5 Å². The predicted molar refractivity (Wildman–Crippen MR) is 58.5 cm³/mol. The van der Waals surface area contributed by atoms with Crippen LogP contribution in [0.3, 0.4) is 0 Å². The highest BCUT2D eigenvalue weighted by atomic mass is 16.5. The van der Waals surface area contributed by atoms with Gasteiger partial charge in [-0.15, -0.1) is 0 Å². The molecule has 0 radical (unpaired) electrons. The van der Waals surface area contributed by atoms with E-state index in [1.807, 2.05) is 24.3 Å². The molecule has 0 aliphatic rings. The molecule has 0 N–H and O–H groups in total. The Hall–Kier alpha value is -1.70. The van der Waals surface area contributed by atoms with Gasteiger partial charge in [-0.25, -0.2) is 0 Å². The fourth-order valence-corrected chi connectivity index (χ4v) is 1.19. The van der Waals surface area contributed by atoms with E-state index in [1.165, 1.54) is 0 Å². The summed E-state index contributed by atoms with van der Waals surface area (Å²) in [5, 5.41) is 0. The van der Waals surface area contributed by atoms with Crippen LogP contribution in [0.15, 0.2) is 37.4 Å². The summed E-state index contributed by atoms with van der Waals surface area (Å²) in [4.78, 5) is 0. The third-order valence-electron chi connectivity index (χ3n) is 2.02. The average Bonchev–Trinajstić information content (AvgIpc) is 2.27. The Morgan fingerprint density at radius 3 is 1.57 bits per heavy atom. The largest absolute Gasteiger partial charge is 0.497 e. The summed E-state index contributed by atoms with van der Waals surface area (Å²) >= 11 is 0. The van der Waals surface area contributed by atoms with Gasteiger partial charge < -0.3 is 9.47 Å². The molecular formula is C12H14O2. The van der Waals surface area contributed by atoms with E-state index < -0.39 is 0 Å². The van der Waals surface area contributed by atoms with Crippen LogP contribution in [0.5, 0.6) is 0 Å². The van der Waals surface area contributed by atoms with Gasteiger partial charge in [0.25, 0.3) is 0 Å². The molecule has 14 heavy (non-hydrogen) atoms. The molecule has 0 fully saturated rings. The van der Waals surface area contributed by atoms with Crippen LogP contribution < -0.4 is 0 Å². The van der Waals surface area contributed by atoms with Crippen LogP contribution in [0.4, 0.5) is 0 Å². The normalized spacial score (nSPS) is 9.29. The van der Waals surface area contributed by atoms with Crippen molar-refractivity contribution in [1.82, 2.24) is 0 Å². The van der Waals surface area contributed by atoms with Gasteiger partial charge in [0.05, 0.1) is 14.2 Å². The number of hydrogen-bond donors (Lipinski definition) is 0. The monoisotopic (exact) mass is 190 g/mol. The molecule has 0 aliphatic carbocycles. The minimum atomic E-state index is 0.610. The first-order valence-electron chi connectivity index (χ1n) is 4.26. The minimum Gasteiger partial charge on any atom is -0.497 e. The quantitative estimate of drug-likeness (QED) is 0.679. The summed E-state index contributed by atoms with van der Waals surface area (Å²) in [7, 11) is 3.18. The Labute approximate surface area is 84.5 Å². The van der Waals surface area contributed by atoms with Gasteiger partial charge in [0, 0.05) is 11.1 Å². The molecule has 0 aliphatic heterocycles. The van der Waals surface area contributed by atoms with Crippen LogP contribution in [0, 0.1) is 0 Å². The maximum absolute atomic E-state index is 5.08. The highest BCUT2D eigenvalue weighted by Gasteiger charge is 2.08. The zero-order valence-electron chi connectivity index (χ0n) is 8.54. The van der Waals surface area contributed by atoms with E-state index in [0.717, 1.165) is 11.1 Å². The molecule has 0 saturated heterocycles. The Balaban J connectivity index is 3.15. The number of rotatable bonds is 4. The van der Waals surface area contributed by atoms with Crippen LogP contribution >= 0.6 is 0 Å². The first-order chi connectivity index (χ1) is 6.70. The zero-order chi connectivity index (χ0) is 10.6. The molecule has 2 nitrogen and oxygen atoms in total. The maximum Gasteiger partial charge on any atom is 0.119 e. The molecule has 0 amide bonds. The molecule has 0 heterocycles. The number of methoxy groups -OCH3 is 2. The number of hydrogen-bond acceptors (Lipinski definition) is 2. The standard InChI is InChI=1S/C12H14O2/c1-9(13-3)11-7-5-6-8-12(11)10(2)14-4/h5-8H,1-2H2,3-4H3. The summed E-state index contributed by atoms with van der Waals surface area (Å²) in [6.45, 7) is 7.60. The predicted octanol–water partition coefficient (Wildman–Crippen LogP) is 2.92. The molecule has 1 rings (SSSR count). The lowest BCUT2D eigenvalue weighted by atomic mass is 10.1. The van der Waals surface area contributed by atoms with Gasteiger partial charge in [0.15, 0.2) is 0 Å². The van der Waals surface area contributed by atoms with Gasteiger partial charge in [-0.05, 0) is 0 Å². The molecule has 74 valence electrons. The van der Waals surface area contributed by atoms with Crippen molar-refractivity contribution in [2.45, 2.75) is 0 Å². The molecule has 1 aromatic carbocycles. The Kier molecular flexibility index (Phi) is 3.35. The highest BCUT2D eigenvalue weighted by molar-refractivity contribution is 5.72. The summed E-state index contributed by atoms with van der Waals surface area (Å²) in [5.41, 5.74) is 1.81. The summed E-state index contributed by atoms with van der Waals surface area (Å²) in [6, 6.07) is 7.69. The topological polar surface area (TPSA) is 18.5 Å². The van der Waals surface area contributed by atoms with Crippen molar-refractivity contribution in [2.75, 3.05) is 14.2 Å². The Morgan fingerprint density at radius 1 is 0.929 bits per heavy atom. The minimum absolute atomic E-state index is 0.610. The number of benzene rings is 1. The average molecular weight is 190 g/mol. The van der Waals surface area contributed by atoms with Crippen molar-refractivity contribution in [3.05, 3.63) is 48.6 Å². The first kappa shape index (κ1) is 10.4. The third-order valence-corrected chi connectivity index (χ3v) is 2.02. The summed E-state index contributed by atoms with van der Waals surface area (Å²) in [5.74, 6) is 1.22. The molecule has 0 unspecified atom stereocenters. The molecule has 2 heteroatoms. The lowest BCUT2D eigenvalue weighted by molar-refractivity contribution is 0.364. The van der Waals surface area contributed by atoms with Gasteiger partial charge in [-0.3, -0.25) is 0 Å². The van der Waals surface area contributed by atoms with Crippen molar-refractivity contribution in [1.29, 1.82) is 0 Å². The van der Waals surface area contributed by atoms with Crippen molar-refractivity contribution in [3.8, 4) is 0 Å². The molecule has 1 aromatic rings. The lowest BCUT2D eigenvalue weighted by Crippen LogP contribution is -1.94. The fraction of sp³-hybridized carbons (Fsp3) is 0.167. The SMILES string of the molecule is C=C(OC)c1ccccc1C(=C)OC.